The third-order valence-electron chi connectivity index (χ3n) is 4.89. The van der Waals surface area contributed by atoms with E-state index in [0.29, 0.717) is 24.7 Å². The fourth-order valence-corrected chi connectivity index (χ4v) is 3.48. The van der Waals surface area contributed by atoms with Gasteiger partial charge in [-0.2, -0.15) is 4.68 Å². The summed E-state index contributed by atoms with van der Waals surface area (Å²) in [7, 11) is 0. The molecule has 1 saturated heterocycles. The molecule has 1 aliphatic rings. The predicted molar refractivity (Wildman–Crippen MR) is 107 cm³/mol. The molecule has 0 aliphatic carbocycles. The lowest BCUT2D eigenvalue weighted by Gasteiger charge is -2.34. The van der Waals surface area contributed by atoms with Gasteiger partial charge in [-0.25, -0.2) is 0 Å². The predicted octanol–water partition coefficient (Wildman–Crippen LogP) is 2.58. The molecule has 2 aromatic carbocycles. The van der Waals surface area contributed by atoms with Gasteiger partial charge in [0.1, 0.15) is 0 Å². The molecule has 8 heteroatoms. The molecule has 0 unspecified atom stereocenters. The zero-order valence-electron chi connectivity index (χ0n) is 15.6. The van der Waals surface area contributed by atoms with Gasteiger partial charge in [0.25, 0.3) is 5.91 Å². The fraction of sp³-hybridized carbons (Fsp3) is 0.300. The van der Waals surface area contributed by atoms with Crippen LogP contribution in [0.4, 0.5) is 0 Å². The number of halogens is 1. The van der Waals surface area contributed by atoms with Crippen LogP contribution in [0.5, 0.6) is 0 Å². The summed E-state index contributed by atoms with van der Waals surface area (Å²) in [4.78, 5) is 16.9. The zero-order valence-corrected chi connectivity index (χ0v) is 16.4. The van der Waals surface area contributed by atoms with Crippen molar-refractivity contribution in [3.63, 3.8) is 0 Å². The Morgan fingerprint density at radius 1 is 1.07 bits per heavy atom. The van der Waals surface area contributed by atoms with Crippen molar-refractivity contribution in [2.75, 3.05) is 26.2 Å². The number of nitrogens with zero attached hydrogens (tertiary/aromatic N) is 6. The first-order valence-electron chi connectivity index (χ1n) is 9.21. The Morgan fingerprint density at radius 3 is 2.54 bits per heavy atom. The number of benzene rings is 2. The van der Waals surface area contributed by atoms with Crippen LogP contribution in [0.25, 0.3) is 5.69 Å². The van der Waals surface area contributed by atoms with Crippen molar-refractivity contribution >= 4 is 17.5 Å². The van der Waals surface area contributed by atoms with E-state index in [9.17, 15) is 4.79 Å². The van der Waals surface area contributed by atoms with Crippen molar-refractivity contribution in [3.8, 4) is 5.69 Å². The van der Waals surface area contributed by atoms with Gasteiger partial charge in [-0.3, -0.25) is 9.69 Å². The van der Waals surface area contributed by atoms with E-state index >= 15 is 0 Å². The van der Waals surface area contributed by atoms with Crippen LogP contribution < -0.4 is 0 Å². The Labute approximate surface area is 168 Å². The first kappa shape index (κ1) is 18.6. The second-order valence-electron chi connectivity index (χ2n) is 6.92. The molecule has 0 saturated carbocycles. The van der Waals surface area contributed by atoms with Crippen molar-refractivity contribution in [2.24, 2.45) is 0 Å². The number of amides is 1. The molecule has 28 heavy (non-hydrogen) atoms. The van der Waals surface area contributed by atoms with E-state index < -0.39 is 0 Å². The van der Waals surface area contributed by atoms with Gasteiger partial charge in [0, 0.05) is 36.8 Å². The Kier molecular flexibility index (Phi) is 5.36. The lowest BCUT2D eigenvalue weighted by atomic mass is 10.1. The molecule has 0 radical (unpaired) electrons. The molecule has 1 aliphatic heterocycles. The molecule has 0 spiro atoms. The quantitative estimate of drug-likeness (QED) is 0.678. The van der Waals surface area contributed by atoms with Crippen LogP contribution in [-0.4, -0.2) is 62.1 Å². The highest BCUT2D eigenvalue weighted by atomic mass is 35.5. The number of tetrazole rings is 1. The topological polar surface area (TPSA) is 67.2 Å². The summed E-state index contributed by atoms with van der Waals surface area (Å²) in [5, 5.41) is 12.8. The van der Waals surface area contributed by atoms with E-state index in [4.69, 9.17) is 11.6 Å². The highest BCUT2D eigenvalue weighted by Gasteiger charge is 2.23. The number of hydrogen-bond acceptors (Lipinski definition) is 5. The summed E-state index contributed by atoms with van der Waals surface area (Å²) in [5.41, 5.74) is 2.72. The molecule has 0 atom stereocenters. The number of carbonyl (C=O) groups is 1. The first-order chi connectivity index (χ1) is 13.6. The van der Waals surface area contributed by atoms with Crippen LogP contribution in [0.15, 0.2) is 48.5 Å². The number of aromatic nitrogens is 4. The summed E-state index contributed by atoms with van der Waals surface area (Å²) < 4.78 is 1.72. The molecular weight excluding hydrogens is 376 g/mol. The average Bonchev–Trinajstić information content (AvgIpc) is 3.17. The van der Waals surface area contributed by atoms with Crippen LogP contribution in [0.2, 0.25) is 5.02 Å². The summed E-state index contributed by atoms with van der Waals surface area (Å²) >= 11 is 5.96. The van der Waals surface area contributed by atoms with E-state index in [1.807, 2.05) is 60.4 Å². The molecular formula is C20H21ClN6O. The van der Waals surface area contributed by atoms with Crippen molar-refractivity contribution in [1.82, 2.24) is 30.0 Å². The van der Waals surface area contributed by atoms with Crippen LogP contribution in [-0.2, 0) is 6.54 Å². The van der Waals surface area contributed by atoms with Crippen molar-refractivity contribution in [1.29, 1.82) is 0 Å². The number of aryl methyl sites for hydroxylation is 1. The summed E-state index contributed by atoms with van der Waals surface area (Å²) in [6.45, 7) is 5.57. The molecule has 4 rings (SSSR count). The Balaban J connectivity index is 1.38. The molecule has 2 heterocycles. The fourth-order valence-electron chi connectivity index (χ4n) is 3.36. The molecule has 0 N–H and O–H groups in total. The van der Waals surface area contributed by atoms with Crippen molar-refractivity contribution in [2.45, 2.75) is 13.5 Å². The number of carbonyl (C=O) groups excluding carboxylic acids is 1. The minimum atomic E-state index is 0.0920. The Hall–Kier alpha value is -2.77. The normalized spacial score (nSPS) is 15.0. The van der Waals surface area contributed by atoms with Gasteiger partial charge in [-0.1, -0.05) is 29.3 Å². The summed E-state index contributed by atoms with van der Waals surface area (Å²) in [6, 6.07) is 15.2. The first-order valence-corrected chi connectivity index (χ1v) is 9.59. The van der Waals surface area contributed by atoms with Crippen molar-refractivity contribution in [3.05, 3.63) is 70.5 Å². The van der Waals surface area contributed by atoms with E-state index in [2.05, 4.69) is 20.4 Å². The summed E-state index contributed by atoms with van der Waals surface area (Å²) in [6.07, 6.45) is 0. The van der Waals surface area contributed by atoms with Crippen molar-refractivity contribution < 1.29 is 4.79 Å². The van der Waals surface area contributed by atoms with Crippen LogP contribution in [0.3, 0.4) is 0 Å². The standard InChI is InChI=1S/C20H21ClN6O/c1-15-3-2-4-16(13-15)20(28)26-11-9-25(10-12-26)14-19-22-23-24-27(19)18-7-5-17(21)6-8-18/h2-8,13H,9-12,14H2,1H3. The van der Waals surface area contributed by atoms with Gasteiger partial charge in [-0.15, -0.1) is 5.10 Å². The SMILES string of the molecule is Cc1cccc(C(=O)N2CCN(Cc3nnnn3-c3ccc(Cl)cc3)CC2)c1. The van der Waals surface area contributed by atoms with E-state index in [-0.39, 0.29) is 5.91 Å². The van der Waals surface area contributed by atoms with Gasteiger partial charge in [0.05, 0.1) is 12.2 Å². The molecule has 144 valence electrons. The van der Waals surface area contributed by atoms with Crippen LogP contribution in [0, 0.1) is 6.92 Å². The number of hydrogen-bond donors (Lipinski definition) is 0. The van der Waals surface area contributed by atoms with Crippen LogP contribution in [0.1, 0.15) is 21.7 Å². The minimum Gasteiger partial charge on any atom is -0.336 e. The third-order valence-corrected chi connectivity index (χ3v) is 5.15. The Bertz CT molecular complexity index is 963. The average molecular weight is 397 g/mol. The number of rotatable bonds is 4. The maximum Gasteiger partial charge on any atom is 0.253 e. The molecule has 1 fully saturated rings. The largest absolute Gasteiger partial charge is 0.336 e. The second kappa shape index (κ2) is 8.08. The molecule has 1 aromatic heterocycles. The maximum atomic E-state index is 12.7. The molecule has 1 amide bonds. The lowest BCUT2D eigenvalue weighted by molar-refractivity contribution is 0.0624. The van der Waals surface area contributed by atoms with Crippen LogP contribution >= 0.6 is 11.6 Å². The van der Waals surface area contributed by atoms with Gasteiger partial charge < -0.3 is 4.90 Å². The minimum absolute atomic E-state index is 0.0920. The third kappa shape index (κ3) is 4.05. The van der Waals surface area contributed by atoms with E-state index in [0.717, 1.165) is 35.7 Å². The smallest absolute Gasteiger partial charge is 0.253 e. The molecule has 7 nitrogen and oxygen atoms in total. The molecule has 0 bridgehead atoms. The Morgan fingerprint density at radius 2 is 1.82 bits per heavy atom. The zero-order chi connectivity index (χ0) is 19.5. The van der Waals surface area contributed by atoms with E-state index in [1.165, 1.54) is 0 Å². The highest BCUT2D eigenvalue weighted by molar-refractivity contribution is 6.30. The maximum absolute atomic E-state index is 12.7. The number of piperazine rings is 1. The van der Waals surface area contributed by atoms with Gasteiger partial charge >= 0.3 is 0 Å². The highest BCUT2D eigenvalue weighted by Crippen LogP contribution is 2.16. The monoisotopic (exact) mass is 396 g/mol. The van der Waals surface area contributed by atoms with E-state index in [1.54, 1.807) is 4.68 Å². The second-order valence-corrected chi connectivity index (χ2v) is 7.36. The lowest BCUT2D eigenvalue weighted by Crippen LogP contribution is -2.48. The van der Waals surface area contributed by atoms with Gasteiger partial charge in [0.2, 0.25) is 0 Å². The van der Waals surface area contributed by atoms with Gasteiger partial charge in [0.15, 0.2) is 5.82 Å². The summed E-state index contributed by atoms with van der Waals surface area (Å²) in [5.74, 6) is 0.857. The molecule has 3 aromatic rings. The van der Waals surface area contributed by atoms with Gasteiger partial charge in [-0.05, 0) is 53.7 Å².